The van der Waals surface area contributed by atoms with E-state index in [0.29, 0.717) is 40.1 Å². The average Bonchev–Trinajstić information content (AvgIpc) is 3.29. The van der Waals surface area contributed by atoms with Gasteiger partial charge < -0.3 is 5.32 Å². The van der Waals surface area contributed by atoms with Gasteiger partial charge in [-0.1, -0.05) is 17.3 Å². The molecule has 9 heteroatoms. The molecule has 1 aliphatic rings. The number of aryl methyl sites for hydroxylation is 1. The van der Waals surface area contributed by atoms with Gasteiger partial charge in [0, 0.05) is 31.0 Å². The number of hydrogen-bond acceptors (Lipinski definition) is 5. The van der Waals surface area contributed by atoms with Crippen LogP contribution < -0.4 is 5.32 Å². The number of amides is 1. The molecule has 1 saturated carbocycles. The van der Waals surface area contributed by atoms with Gasteiger partial charge in [0.1, 0.15) is 35.0 Å². The molecule has 0 atom stereocenters. The van der Waals surface area contributed by atoms with Crippen LogP contribution in [0.1, 0.15) is 23.2 Å². The Morgan fingerprint density at radius 2 is 2.00 bits per heavy atom. The normalized spacial score (nSPS) is 13.4. The van der Waals surface area contributed by atoms with Gasteiger partial charge in [0.05, 0.1) is 5.56 Å². The summed E-state index contributed by atoms with van der Waals surface area (Å²) >= 11 is 0. The number of nitrogens with one attached hydrogen (secondary N) is 1. The lowest BCUT2D eigenvalue weighted by molar-refractivity contribution is 0.0950. The standard InChI is InChI=1S/C21H18FN7O/c1-28-20(19(26-27-28)15-4-2-3-5-16(15)22)17-11-29(12-24-17)18-9-6-13(10-23-18)21(30)25-14-7-8-14/h2-6,9-12,14H,7-8H2,1H3,(H,25,30). The quantitative estimate of drug-likeness (QED) is 0.553. The molecule has 0 unspecified atom stereocenters. The third-order valence-electron chi connectivity index (χ3n) is 4.97. The van der Waals surface area contributed by atoms with Crippen molar-refractivity contribution in [3.63, 3.8) is 0 Å². The molecule has 0 saturated heterocycles. The average molecular weight is 403 g/mol. The Bertz CT molecular complexity index is 1220. The maximum absolute atomic E-state index is 14.3. The zero-order valence-electron chi connectivity index (χ0n) is 16.2. The molecule has 1 aromatic carbocycles. The fraction of sp³-hybridized carbons (Fsp3) is 0.190. The molecule has 0 radical (unpaired) electrons. The monoisotopic (exact) mass is 403 g/mol. The molecule has 4 aromatic rings. The molecule has 150 valence electrons. The van der Waals surface area contributed by atoms with Crippen LogP contribution >= 0.6 is 0 Å². The summed E-state index contributed by atoms with van der Waals surface area (Å²) in [5.74, 6) is 0.123. The SMILES string of the molecule is Cn1nnc(-c2ccccc2F)c1-c1cn(-c2ccc(C(=O)NC3CC3)cn2)cn1. The van der Waals surface area contributed by atoms with Crippen molar-refractivity contribution in [1.29, 1.82) is 0 Å². The van der Waals surface area contributed by atoms with Crippen LogP contribution in [0.4, 0.5) is 4.39 Å². The van der Waals surface area contributed by atoms with Gasteiger partial charge in [-0.05, 0) is 37.1 Å². The molecule has 1 amide bonds. The molecule has 1 N–H and O–H groups in total. The number of carbonyl (C=O) groups is 1. The molecule has 3 aromatic heterocycles. The summed E-state index contributed by atoms with van der Waals surface area (Å²) in [4.78, 5) is 20.9. The zero-order valence-corrected chi connectivity index (χ0v) is 16.2. The van der Waals surface area contributed by atoms with E-state index >= 15 is 0 Å². The number of pyridine rings is 1. The van der Waals surface area contributed by atoms with Crippen LogP contribution in [-0.2, 0) is 7.05 Å². The third-order valence-corrected chi connectivity index (χ3v) is 4.97. The predicted molar refractivity (Wildman–Crippen MR) is 107 cm³/mol. The van der Waals surface area contributed by atoms with Gasteiger partial charge in [-0.25, -0.2) is 19.0 Å². The first-order valence-corrected chi connectivity index (χ1v) is 9.56. The Hall–Kier alpha value is -3.88. The van der Waals surface area contributed by atoms with Crippen LogP contribution in [0.5, 0.6) is 0 Å². The summed E-state index contributed by atoms with van der Waals surface area (Å²) in [6.07, 6.45) is 7.00. The van der Waals surface area contributed by atoms with E-state index in [1.165, 1.54) is 6.07 Å². The maximum atomic E-state index is 14.3. The number of halogens is 1. The molecule has 5 rings (SSSR count). The van der Waals surface area contributed by atoms with Crippen molar-refractivity contribution in [3.8, 4) is 28.5 Å². The number of carbonyl (C=O) groups excluding carboxylic acids is 1. The van der Waals surface area contributed by atoms with Crippen molar-refractivity contribution >= 4 is 5.91 Å². The lowest BCUT2D eigenvalue weighted by Crippen LogP contribution is -2.25. The molecule has 0 aliphatic heterocycles. The lowest BCUT2D eigenvalue weighted by Gasteiger charge is -2.05. The minimum Gasteiger partial charge on any atom is -0.349 e. The van der Waals surface area contributed by atoms with Gasteiger partial charge in [-0.2, -0.15) is 0 Å². The molecule has 0 spiro atoms. The largest absolute Gasteiger partial charge is 0.349 e. The number of nitrogens with zero attached hydrogens (tertiary/aromatic N) is 6. The first-order chi connectivity index (χ1) is 14.6. The van der Waals surface area contributed by atoms with Crippen LogP contribution in [0.2, 0.25) is 0 Å². The molecule has 30 heavy (non-hydrogen) atoms. The van der Waals surface area contributed by atoms with Gasteiger partial charge >= 0.3 is 0 Å². The third kappa shape index (κ3) is 3.34. The number of rotatable bonds is 5. The minimum atomic E-state index is -0.375. The highest BCUT2D eigenvalue weighted by Crippen LogP contribution is 2.30. The Morgan fingerprint density at radius 3 is 2.73 bits per heavy atom. The molecule has 0 bridgehead atoms. The first-order valence-electron chi connectivity index (χ1n) is 9.56. The van der Waals surface area contributed by atoms with E-state index in [-0.39, 0.29) is 11.7 Å². The molecule has 1 fully saturated rings. The van der Waals surface area contributed by atoms with E-state index < -0.39 is 0 Å². The van der Waals surface area contributed by atoms with Crippen LogP contribution in [0, 0.1) is 5.82 Å². The van der Waals surface area contributed by atoms with Crippen LogP contribution in [0.25, 0.3) is 28.5 Å². The van der Waals surface area contributed by atoms with E-state index in [2.05, 4.69) is 25.6 Å². The number of aromatic nitrogens is 6. The Morgan fingerprint density at radius 1 is 1.17 bits per heavy atom. The lowest BCUT2D eigenvalue weighted by atomic mass is 10.1. The van der Waals surface area contributed by atoms with Crippen LogP contribution in [0.15, 0.2) is 55.1 Å². The van der Waals surface area contributed by atoms with E-state index in [0.717, 1.165) is 12.8 Å². The summed E-state index contributed by atoms with van der Waals surface area (Å²) in [5.41, 5.74) is 2.47. The summed E-state index contributed by atoms with van der Waals surface area (Å²) in [6, 6.07) is 10.2. The second kappa shape index (κ2) is 7.18. The highest BCUT2D eigenvalue weighted by atomic mass is 19.1. The highest BCUT2D eigenvalue weighted by molar-refractivity contribution is 5.94. The van der Waals surface area contributed by atoms with E-state index in [1.54, 1.807) is 65.3 Å². The van der Waals surface area contributed by atoms with Gasteiger partial charge in [-0.3, -0.25) is 9.36 Å². The Kier molecular flexibility index (Phi) is 4.35. The predicted octanol–water partition coefficient (Wildman–Crippen LogP) is 2.76. The summed E-state index contributed by atoms with van der Waals surface area (Å²) in [7, 11) is 1.73. The number of imidazole rings is 1. The fourth-order valence-electron chi connectivity index (χ4n) is 3.22. The summed E-state index contributed by atoms with van der Waals surface area (Å²) < 4.78 is 17.6. The smallest absolute Gasteiger partial charge is 0.253 e. The minimum absolute atomic E-state index is 0.113. The summed E-state index contributed by atoms with van der Waals surface area (Å²) in [6.45, 7) is 0. The van der Waals surface area contributed by atoms with Crippen LogP contribution in [0.3, 0.4) is 0 Å². The van der Waals surface area contributed by atoms with Gasteiger partial charge in [0.25, 0.3) is 5.91 Å². The Labute approximate surface area is 171 Å². The van der Waals surface area contributed by atoms with E-state index in [9.17, 15) is 9.18 Å². The van der Waals surface area contributed by atoms with E-state index in [1.807, 2.05) is 0 Å². The molecule has 1 aliphatic carbocycles. The highest BCUT2D eigenvalue weighted by Gasteiger charge is 2.24. The second-order valence-electron chi connectivity index (χ2n) is 7.21. The fourth-order valence-corrected chi connectivity index (χ4v) is 3.22. The second-order valence-corrected chi connectivity index (χ2v) is 7.21. The van der Waals surface area contributed by atoms with Gasteiger partial charge in [-0.15, -0.1) is 5.10 Å². The van der Waals surface area contributed by atoms with Crippen molar-refractivity contribution in [2.24, 2.45) is 7.05 Å². The van der Waals surface area contributed by atoms with Gasteiger partial charge in [0.15, 0.2) is 0 Å². The van der Waals surface area contributed by atoms with Crippen molar-refractivity contribution < 1.29 is 9.18 Å². The Balaban J connectivity index is 1.45. The van der Waals surface area contributed by atoms with Gasteiger partial charge in [0.2, 0.25) is 0 Å². The summed E-state index contributed by atoms with van der Waals surface area (Å²) in [5, 5.41) is 11.1. The molecular weight excluding hydrogens is 385 g/mol. The first kappa shape index (κ1) is 18.2. The molecular formula is C21H18FN7O. The number of benzene rings is 1. The number of hydrogen-bond donors (Lipinski definition) is 1. The van der Waals surface area contributed by atoms with Crippen molar-refractivity contribution in [3.05, 3.63) is 66.5 Å². The van der Waals surface area contributed by atoms with Crippen molar-refractivity contribution in [2.75, 3.05) is 0 Å². The topological polar surface area (TPSA) is 90.5 Å². The molecule has 8 nitrogen and oxygen atoms in total. The van der Waals surface area contributed by atoms with Crippen LogP contribution in [-0.4, -0.2) is 41.5 Å². The van der Waals surface area contributed by atoms with E-state index in [4.69, 9.17) is 0 Å². The molecule has 3 heterocycles. The maximum Gasteiger partial charge on any atom is 0.253 e. The van der Waals surface area contributed by atoms with Crippen molar-refractivity contribution in [1.82, 2.24) is 34.8 Å². The van der Waals surface area contributed by atoms with Crippen molar-refractivity contribution in [2.45, 2.75) is 18.9 Å². The zero-order chi connectivity index (χ0) is 20.7.